The molecule has 0 saturated carbocycles. The topological polar surface area (TPSA) is 78.4 Å². The van der Waals surface area contributed by atoms with Gasteiger partial charge >= 0.3 is 11.9 Å². The molecule has 2 rings (SSSR count). The molecule has 2 aromatic heterocycles. The number of carbonyl (C=O) groups excluding carboxylic acids is 2. The van der Waals surface area contributed by atoms with Crippen LogP contribution in [-0.4, -0.2) is 35.7 Å². The second kappa shape index (κ2) is 4.14. The minimum absolute atomic E-state index is 0.128. The lowest BCUT2D eigenvalue weighted by atomic mass is 10.2. The Morgan fingerprint density at radius 3 is 2.50 bits per heavy atom. The first-order valence-electron chi connectivity index (χ1n) is 4.10. The SMILES string of the molecule is COC(=O)c1sc2snnc2c1C(=O)OC. The fourth-order valence-corrected chi connectivity index (χ4v) is 2.98. The zero-order valence-corrected chi connectivity index (χ0v) is 9.98. The maximum atomic E-state index is 11.5. The second-order valence-electron chi connectivity index (χ2n) is 2.70. The van der Waals surface area contributed by atoms with E-state index in [1.807, 2.05) is 0 Å². The number of hydrogen-bond donors (Lipinski definition) is 0. The lowest BCUT2D eigenvalue weighted by molar-refractivity contribution is 0.0561. The van der Waals surface area contributed by atoms with Gasteiger partial charge in [-0.1, -0.05) is 4.49 Å². The van der Waals surface area contributed by atoms with Crippen LogP contribution in [-0.2, 0) is 9.47 Å². The van der Waals surface area contributed by atoms with Crippen molar-refractivity contribution in [3.05, 3.63) is 10.4 Å². The molecule has 0 saturated heterocycles. The van der Waals surface area contributed by atoms with E-state index in [0.29, 0.717) is 9.53 Å². The molecule has 0 aromatic carbocycles. The number of methoxy groups -OCH3 is 2. The highest BCUT2D eigenvalue weighted by Crippen LogP contribution is 2.33. The normalized spacial score (nSPS) is 10.4. The maximum Gasteiger partial charge on any atom is 0.349 e. The van der Waals surface area contributed by atoms with Crippen molar-refractivity contribution in [3.63, 3.8) is 0 Å². The van der Waals surface area contributed by atoms with Gasteiger partial charge in [-0.2, -0.15) is 0 Å². The third-order valence-corrected chi connectivity index (χ3v) is 3.83. The Hall–Kier alpha value is -1.54. The number of hydrogen-bond acceptors (Lipinski definition) is 8. The van der Waals surface area contributed by atoms with Crippen molar-refractivity contribution < 1.29 is 19.1 Å². The van der Waals surface area contributed by atoms with Crippen LogP contribution < -0.4 is 0 Å². The monoisotopic (exact) mass is 258 g/mol. The average molecular weight is 258 g/mol. The molecule has 0 radical (unpaired) electrons. The van der Waals surface area contributed by atoms with Gasteiger partial charge in [-0.15, -0.1) is 16.4 Å². The molecule has 2 aromatic rings. The van der Waals surface area contributed by atoms with Crippen molar-refractivity contribution in [1.29, 1.82) is 0 Å². The number of esters is 2. The van der Waals surface area contributed by atoms with Crippen molar-refractivity contribution in [2.45, 2.75) is 0 Å². The quantitative estimate of drug-likeness (QED) is 0.756. The number of nitrogens with zero attached hydrogens (tertiary/aromatic N) is 2. The summed E-state index contributed by atoms with van der Waals surface area (Å²) in [6.45, 7) is 0. The standard InChI is InChI=1S/C8H6N2O4S2/c1-13-6(11)3-4-8(16-10-9-4)15-5(3)7(12)14-2/h1-2H3. The Morgan fingerprint density at radius 1 is 1.19 bits per heavy atom. The summed E-state index contributed by atoms with van der Waals surface area (Å²) in [5, 5.41) is 3.80. The van der Waals surface area contributed by atoms with E-state index in [-0.39, 0.29) is 10.4 Å². The Labute approximate surface area is 98.0 Å². The highest BCUT2D eigenvalue weighted by molar-refractivity contribution is 7.36. The van der Waals surface area contributed by atoms with Gasteiger partial charge in [0.2, 0.25) is 0 Å². The molecule has 0 bridgehead atoms. The number of aromatic nitrogens is 2. The van der Waals surface area contributed by atoms with Gasteiger partial charge in [-0.05, 0) is 11.5 Å². The van der Waals surface area contributed by atoms with Crippen LogP contribution in [0.3, 0.4) is 0 Å². The van der Waals surface area contributed by atoms with Crippen LogP contribution in [0.25, 0.3) is 9.53 Å². The van der Waals surface area contributed by atoms with Gasteiger partial charge in [0.25, 0.3) is 0 Å². The lowest BCUT2D eigenvalue weighted by Gasteiger charge is -1.99. The van der Waals surface area contributed by atoms with Crippen LogP contribution in [0.15, 0.2) is 0 Å². The Bertz CT molecular complexity index is 559. The molecule has 0 fully saturated rings. The molecular formula is C8H6N2O4S2. The van der Waals surface area contributed by atoms with E-state index in [4.69, 9.17) is 0 Å². The third-order valence-electron chi connectivity index (χ3n) is 1.88. The van der Waals surface area contributed by atoms with Gasteiger partial charge in [0.15, 0.2) is 0 Å². The first-order chi connectivity index (χ1) is 7.69. The number of thiophene rings is 1. The maximum absolute atomic E-state index is 11.5. The van der Waals surface area contributed by atoms with Gasteiger partial charge in [-0.3, -0.25) is 0 Å². The first kappa shape index (κ1) is 11.0. The highest BCUT2D eigenvalue weighted by Gasteiger charge is 2.27. The number of rotatable bonds is 2. The molecule has 0 aliphatic rings. The molecule has 8 heteroatoms. The minimum Gasteiger partial charge on any atom is -0.465 e. The van der Waals surface area contributed by atoms with Crippen molar-refractivity contribution in [1.82, 2.24) is 9.59 Å². The number of carbonyl (C=O) groups is 2. The summed E-state index contributed by atoms with van der Waals surface area (Å²) in [6.07, 6.45) is 0. The van der Waals surface area contributed by atoms with E-state index in [9.17, 15) is 9.59 Å². The van der Waals surface area contributed by atoms with Gasteiger partial charge < -0.3 is 9.47 Å². The molecule has 0 atom stereocenters. The van der Waals surface area contributed by atoms with Crippen molar-refractivity contribution in [2.75, 3.05) is 14.2 Å². The van der Waals surface area contributed by atoms with Crippen molar-refractivity contribution in [2.24, 2.45) is 0 Å². The lowest BCUT2D eigenvalue weighted by Crippen LogP contribution is -2.09. The van der Waals surface area contributed by atoms with Gasteiger partial charge in [0, 0.05) is 0 Å². The van der Waals surface area contributed by atoms with Crippen LogP contribution in [0.5, 0.6) is 0 Å². The van der Waals surface area contributed by atoms with Crippen LogP contribution in [0.2, 0.25) is 0 Å². The van der Waals surface area contributed by atoms with E-state index < -0.39 is 11.9 Å². The van der Waals surface area contributed by atoms with Crippen LogP contribution in [0.4, 0.5) is 0 Å². The summed E-state index contributed by atoms with van der Waals surface area (Å²) in [5.41, 5.74) is 0.519. The molecule has 84 valence electrons. The van der Waals surface area contributed by atoms with Crippen LogP contribution in [0.1, 0.15) is 20.0 Å². The average Bonchev–Trinajstić information content (AvgIpc) is 2.86. The van der Waals surface area contributed by atoms with Crippen molar-refractivity contribution in [3.8, 4) is 0 Å². The number of ether oxygens (including phenoxy) is 2. The summed E-state index contributed by atoms with van der Waals surface area (Å²) < 4.78 is 13.6. The summed E-state index contributed by atoms with van der Waals surface area (Å²) in [4.78, 5) is 23.2. The molecule has 6 nitrogen and oxygen atoms in total. The Morgan fingerprint density at radius 2 is 1.88 bits per heavy atom. The molecular weight excluding hydrogens is 252 g/mol. The van der Waals surface area contributed by atoms with Gasteiger partial charge in [0.05, 0.1) is 14.2 Å². The molecule has 0 N–H and O–H groups in total. The fraction of sp³-hybridized carbons (Fsp3) is 0.250. The van der Waals surface area contributed by atoms with Gasteiger partial charge in [0.1, 0.15) is 20.0 Å². The molecule has 0 spiro atoms. The summed E-state index contributed by atoms with van der Waals surface area (Å²) in [6, 6.07) is 0. The second-order valence-corrected chi connectivity index (χ2v) is 4.73. The summed E-state index contributed by atoms with van der Waals surface area (Å²) >= 11 is 2.25. The molecule has 0 aliphatic heterocycles. The third kappa shape index (κ3) is 1.55. The Balaban J connectivity index is 2.67. The molecule has 0 amide bonds. The predicted molar refractivity (Wildman–Crippen MR) is 58.0 cm³/mol. The summed E-state index contributed by atoms with van der Waals surface area (Å²) in [5.74, 6) is -1.19. The van der Waals surface area contributed by atoms with Crippen molar-refractivity contribution >= 4 is 44.3 Å². The molecule has 16 heavy (non-hydrogen) atoms. The molecule has 2 heterocycles. The van der Waals surface area contributed by atoms with E-state index in [0.717, 1.165) is 22.9 Å². The van der Waals surface area contributed by atoms with Crippen LogP contribution in [0, 0.1) is 0 Å². The summed E-state index contributed by atoms with van der Waals surface area (Å²) in [7, 11) is 2.50. The zero-order valence-electron chi connectivity index (χ0n) is 8.34. The largest absolute Gasteiger partial charge is 0.465 e. The Kier molecular flexibility index (Phi) is 2.84. The minimum atomic E-state index is -0.612. The fourth-order valence-electron chi connectivity index (χ4n) is 1.18. The van der Waals surface area contributed by atoms with Gasteiger partial charge in [-0.25, -0.2) is 9.59 Å². The van der Waals surface area contributed by atoms with E-state index >= 15 is 0 Å². The van der Waals surface area contributed by atoms with Crippen LogP contribution >= 0.6 is 22.9 Å². The predicted octanol–water partition coefficient (Wildman–Crippen LogP) is 1.33. The van der Waals surface area contributed by atoms with E-state index in [2.05, 4.69) is 19.1 Å². The number of fused-ring (bicyclic) bond motifs is 1. The smallest absolute Gasteiger partial charge is 0.349 e. The molecule has 0 aliphatic carbocycles. The zero-order chi connectivity index (χ0) is 11.7. The molecule has 0 unspecified atom stereocenters. The first-order valence-corrected chi connectivity index (χ1v) is 5.69. The highest BCUT2D eigenvalue weighted by atomic mass is 32.2. The van der Waals surface area contributed by atoms with E-state index in [1.54, 1.807) is 0 Å². The van der Waals surface area contributed by atoms with E-state index in [1.165, 1.54) is 14.2 Å².